The molecule has 120 valence electrons. The molecule has 1 amide bonds. The van der Waals surface area contributed by atoms with Crippen LogP contribution in [0.2, 0.25) is 0 Å². The Hall–Kier alpha value is -1.11. The quantitative estimate of drug-likeness (QED) is 0.793. The molecule has 0 saturated carbocycles. The largest absolute Gasteiger partial charge is 0.352 e. The molecular weight excluding hydrogens is 312 g/mol. The third-order valence-corrected chi connectivity index (χ3v) is 4.92. The number of hydrogen-bond donors (Lipinski definition) is 2. The van der Waals surface area contributed by atoms with Gasteiger partial charge in [0, 0.05) is 6.54 Å². The molecule has 1 atom stereocenters. The second-order valence-electron chi connectivity index (χ2n) is 4.87. The normalized spacial score (nSPS) is 12.3. The van der Waals surface area contributed by atoms with E-state index in [1.165, 1.54) is 12.1 Å². The molecule has 0 heterocycles. The smallest absolute Gasteiger partial charge is 0.252 e. The van der Waals surface area contributed by atoms with E-state index in [9.17, 15) is 13.2 Å². The maximum Gasteiger partial charge on any atom is 0.252 e. The Morgan fingerprint density at radius 1 is 1.33 bits per heavy atom. The van der Waals surface area contributed by atoms with Gasteiger partial charge in [0.15, 0.2) is 9.84 Å². The van der Waals surface area contributed by atoms with Crippen molar-refractivity contribution < 1.29 is 13.2 Å². The van der Waals surface area contributed by atoms with Crippen LogP contribution >= 0.6 is 12.4 Å². The summed E-state index contributed by atoms with van der Waals surface area (Å²) in [4.78, 5) is 12.2. The molecule has 1 aromatic rings. The first-order valence-electron chi connectivity index (χ1n) is 6.72. The van der Waals surface area contributed by atoms with Gasteiger partial charge in [-0.1, -0.05) is 26.0 Å². The summed E-state index contributed by atoms with van der Waals surface area (Å²) in [7, 11) is -3.42. The number of carbonyl (C=O) groups is 1. The fraction of sp³-hybridized carbons (Fsp3) is 0.500. The first-order chi connectivity index (χ1) is 9.42. The van der Waals surface area contributed by atoms with Crippen molar-refractivity contribution in [3.63, 3.8) is 0 Å². The van der Waals surface area contributed by atoms with E-state index in [2.05, 4.69) is 5.32 Å². The maximum atomic E-state index is 12.2. The van der Waals surface area contributed by atoms with Crippen molar-refractivity contribution in [1.29, 1.82) is 0 Å². The molecule has 21 heavy (non-hydrogen) atoms. The lowest BCUT2D eigenvalue weighted by Crippen LogP contribution is -2.32. The van der Waals surface area contributed by atoms with Gasteiger partial charge in [0.25, 0.3) is 5.91 Å². The van der Waals surface area contributed by atoms with E-state index in [-0.39, 0.29) is 40.4 Å². The van der Waals surface area contributed by atoms with Gasteiger partial charge in [-0.05, 0) is 31.0 Å². The number of nitrogens with one attached hydrogen (secondary N) is 1. The molecule has 1 aromatic carbocycles. The Bertz CT molecular complexity index is 561. The van der Waals surface area contributed by atoms with Crippen LogP contribution in [0.4, 0.5) is 0 Å². The number of halogens is 1. The molecule has 7 heteroatoms. The molecular formula is C14H23ClN2O3S. The van der Waals surface area contributed by atoms with Gasteiger partial charge >= 0.3 is 0 Å². The number of rotatable bonds is 7. The van der Waals surface area contributed by atoms with Gasteiger partial charge in [0.05, 0.1) is 16.2 Å². The summed E-state index contributed by atoms with van der Waals surface area (Å²) in [6.07, 6.45) is 0.516. The summed E-state index contributed by atoms with van der Waals surface area (Å²) >= 11 is 0. The number of sulfone groups is 1. The maximum absolute atomic E-state index is 12.2. The molecule has 0 radical (unpaired) electrons. The van der Waals surface area contributed by atoms with E-state index in [0.717, 1.165) is 0 Å². The van der Waals surface area contributed by atoms with Crippen LogP contribution in [0.5, 0.6) is 0 Å². The van der Waals surface area contributed by atoms with Crippen LogP contribution in [0, 0.1) is 5.92 Å². The molecule has 0 aliphatic carbocycles. The average molecular weight is 335 g/mol. The molecule has 5 nitrogen and oxygen atoms in total. The minimum Gasteiger partial charge on any atom is -0.352 e. The zero-order chi connectivity index (χ0) is 15.2. The molecule has 1 rings (SSSR count). The fourth-order valence-electron chi connectivity index (χ4n) is 1.75. The lowest BCUT2D eigenvalue weighted by Gasteiger charge is -2.12. The third-order valence-electron chi connectivity index (χ3n) is 2.95. The summed E-state index contributed by atoms with van der Waals surface area (Å²) in [5.74, 6) is -0.185. The molecule has 1 unspecified atom stereocenters. The van der Waals surface area contributed by atoms with Gasteiger partial charge in [-0.15, -0.1) is 12.4 Å². The van der Waals surface area contributed by atoms with Crippen LogP contribution < -0.4 is 11.1 Å². The minimum atomic E-state index is -3.42. The molecule has 3 N–H and O–H groups in total. The van der Waals surface area contributed by atoms with Crippen LogP contribution in [0.15, 0.2) is 29.2 Å². The zero-order valence-electron chi connectivity index (χ0n) is 12.3. The Morgan fingerprint density at radius 3 is 2.52 bits per heavy atom. The number of amides is 1. The first-order valence-corrected chi connectivity index (χ1v) is 8.37. The van der Waals surface area contributed by atoms with Crippen molar-refractivity contribution in [2.24, 2.45) is 11.7 Å². The van der Waals surface area contributed by atoms with Gasteiger partial charge < -0.3 is 11.1 Å². The highest BCUT2D eigenvalue weighted by molar-refractivity contribution is 7.91. The fourth-order valence-corrected chi connectivity index (χ4v) is 3.29. The molecule has 0 fully saturated rings. The van der Waals surface area contributed by atoms with Gasteiger partial charge in [-0.25, -0.2) is 8.42 Å². The Labute approximate surface area is 132 Å². The second kappa shape index (κ2) is 9.02. The molecule has 0 aliphatic rings. The summed E-state index contributed by atoms with van der Waals surface area (Å²) in [5, 5.41) is 2.72. The SMILES string of the molecule is CCCS(=O)(=O)c1ccccc1C(=O)NCC(C)CN.Cl. The predicted octanol–water partition coefficient (Wildman–Crippen LogP) is 1.62. The topological polar surface area (TPSA) is 89.3 Å². The summed E-state index contributed by atoms with van der Waals surface area (Å²) < 4.78 is 24.3. The van der Waals surface area contributed by atoms with Crippen LogP contribution in [0.1, 0.15) is 30.6 Å². The Morgan fingerprint density at radius 2 is 1.95 bits per heavy atom. The highest BCUT2D eigenvalue weighted by Crippen LogP contribution is 2.17. The molecule has 0 spiro atoms. The molecule has 0 bridgehead atoms. The van der Waals surface area contributed by atoms with Crippen molar-refractivity contribution >= 4 is 28.2 Å². The molecule has 0 aliphatic heterocycles. The summed E-state index contributed by atoms with van der Waals surface area (Å²) in [5.41, 5.74) is 5.69. The minimum absolute atomic E-state index is 0. The van der Waals surface area contributed by atoms with Crippen molar-refractivity contribution in [2.75, 3.05) is 18.8 Å². The lowest BCUT2D eigenvalue weighted by molar-refractivity contribution is 0.0945. The van der Waals surface area contributed by atoms with Crippen molar-refractivity contribution in [2.45, 2.75) is 25.2 Å². The Balaban J connectivity index is 0.00000400. The second-order valence-corrected chi connectivity index (χ2v) is 6.94. The average Bonchev–Trinajstić information content (AvgIpc) is 2.44. The monoisotopic (exact) mass is 334 g/mol. The van der Waals surface area contributed by atoms with Crippen LogP contribution in [0.25, 0.3) is 0 Å². The highest BCUT2D eigenvalue weighted by atomic mass is 35.5. The summed E-state index contributed by atoms with van der Waals surface area (Å²) in [6, 6.07) is 6.30. The third kappa shape index (κ3) is 5.65. The zero-order valence-corrected chi connectivity index (χ0v) is 14.0. The van der Waals surface area contributed by atoms with E-state index in [0.29, 0.717) is 19.5 Å². The van der Waals surface area contributed by atoms with Gasteiger partial charge in [0.2, 0.25) is 0 Å². The van der Waals surface area contributed by atoms with Gasteiger partial charge in [-0.3, -0.25) is 4.79 Å². The van der Waals surface area contributed by atoms with E-state index < -0.39 is 9.84 Å². The molecule has 0 aromatic heterocycles. The van der Waals surface area contributed by atoms with E-state index in [1.807, 2.05) is 6.92 Å². The summed E-state index contributed by atoms with van der Waals surface area (Å²) in [6.45, 7) is 4.61. The van der Waals surface area contributed by atoms with E-state index in [1.54, 1.807) is 19.1 Å². The number of carbonyl (C=O) groups excluding carboxylic acids is 1. The highest BCUT2D eigenvalue weighted by Gasteiger charge is 2.21. The number of hydrogen-bond acceptors (Lipinski definition) is 4. The standard InChI is InChI=1S/C14H22N2O3S.ClH/c1-3-8-20(18,19)13-7-5-4-6-12(13)14(17)16-10-11(2)9-15;/h4-7,11H,3,8-10,15H2,1-2H3,(H,16,17);1H. The van der Waals surface area contributed by atoms with Crippen LogP contribution in [-0.4, -0.2) is 33.2 Å². The van der Waals surface area contributed by atoms with Crippen LogP contribution in [-0.2, 0) is 9.84 Å². The van der Waals surface area contributed by atoms with Crippen molar-refractivity contribution in [3.8, 4) is 0 Å². The van der Waals surface area contributed by atoms with Crippen molar-refractivity contribution in [3.05, 3.63) is 29.8 Å². The van der Waals surface area contributed by atoms with E-state index >= 15 is 0 Å². The van der Waals surface area contributed by atoms with Gasteiger partial charge in [0.1, 0.15) is 0 Å². The first kappa shape index (κ1) is 19.9. The Kier molecular flexibility index (Phi) is 8.54. The number of benzene rings is 1. The van der Waals surface area contributed by atoms with Crippen molar-refractivity contribution in [1.82, 2.24) is 5.32 Å². The predicted molar refractivity (Wildman–Crippen MR) is 86.6 cm³/mol. The molecule has 0 saturated heterocycles. The van der Waals surface area contributed by atoms with Crippen LogP contribution in [0.3, 0.4) is 0 Å². The lowest BCUT2D eigenvalue weighted by atomic mass is 10.1. The van der Waals surface area contributed by atoms with E-state index in [4.69, 9.17) is 5.73 Å². The van der Waals surface area contributed by atoms with Gasteiger partial charge in [-0.2, -0.15) is 0 Å². The number of nitrogens with two attached hydrogens (primary N) is 1.